The van der Waals surface area contributed by atoms with Gasteiger partial charge in [-0.15, -0.1) is 0 Å². The van der Waals surface area contributed by atoms with Crippen LogP contribution in [-0.2, 0) is 0 Å². The minimum absolute atomic E-state index is 0.354. The number of nitrogens with one attached hydrogen (secondary N) is 1. The number of methoxy groups -OCH3 is 1. The molecule has 0 bridgehead atoms. The highest BCUT2D eigenvalue weighted by Crippen LogP contribution is 2.31. The van der Waals surface area contributed by atoms with Crippen molar-refractivity contribution in [2.45, 2.75) is 6.92 Å². The Kier molecular flexibility index (Phi) is 3.64. The number of aryl methyl sites for hydroxylation is 1. The van der Waals surface area contributed by atoms with Crippen molar-refractivity contribution < 1.29 is 4.74 Å². The molecule has 94 valence electrons. The summed E-state index contributed by atoms with van der Waals surface area (Å²) in [7, 11) is 1.60. The van der Waals surface area contributed by atoms with E-state index in [-0.39, 0.29) is 0 Å². The number of hydrazine groups is 1. The molecule has 0 spiro atoms. The van der Waals surface area contributed by atoms with Crippen LogP contribution in [0.25, 0.3) is 11.3 Å². The SMILES string of the molecule is COc1ccc(Cl)cc1-c1cc(C)nc(NN)n1. The number of aromatic nitrogens is 2. The van der Waals surface area contributed by atoms with Crippen LogP contribution >= 0.6 is 11.6 Å². The highest BCUT2D eigenvalue weighted by Gasteiger charge is 2.10. The van der Waals surface area contributed by atoms with Crippen LogP contribution in [0.1, 0.15) is 5.69 Å². The maximum absolute atomic E-state index is 6.00. The third-order valence-corrected chi connectivity index (χ3v) is 2.66. The molecule has 1 heterocycles. The number of nitrogens with zero attached hydrogens (tertiary/aromatic N) is 2. The number of benzene rings is 1. The average molecular weight is 265 g/mol. The number of ether oxygens (including phenoxy) is 1. The number of nitrogen functional groups attached to an aromatic ring is 1. The predicted octanol–water partition coefficient (Wildman–Crippen LogP) is 2.40. The van der Waals surface area contributed by atoms with Gasteiger partial charge in [-0.1, -0.05) is 11.6 Å². The van der Waals surface area contributed by atoms with Crippen LogP contribution in [0.4, 0.5) is 5.95 Å². The van der Waals surface area contributed by atoms with Crippen LogP contribution in [0.2, 0.25) is 5.02 Å². The Balaban J connectivity index is 2.60. The highest BCUT2D eigenvalue weighted by molar-refractivity contribution is 6.30. The first-order valence-corrected chi connectivity index (χ1v) is 5.68. The molecule has 0 unspecified atom stereocenters. The zero-order valence-electron chi connectivity index (χ0n) is 10.1. The molecular weight excluding hydrogens is 252 g/mol. The quantitative estimate of drug-likeness (QED) is 0.658. The molecule has 1 aromatic carbocycles. The van der Waals surface area contributed by atoms with E-state index in [1.165, 1.54) is 0 Å². The van der Waals surface area contributed by atoms with Gasteiger partial charge >= 0.3 is 0 Å². The van der Waals surface area contributed by atoms with E-state index in [0.29, 0.717) is 22.4 Å². The number of hydrogen-bond acceptors (Lipinski definition) is 5. The van der Waals surface area contributed by atoms with Gasteiger partial charge in [-0.05, 0) is 31.2 Å². The van der Waals surface area contributed by atoms with E-state index < -0.39 is 0 Å². The second-order valence-electron chi connectivity index (χ2n) is 3.71. The molecule has 0 saturated heterocycles. The molecule has 3 N–H and O–H groups in total. The molecular formula is C12H13ClN4O. The van der Waals surface area contributed by atoms with E-state index in [0.717, 1.165) is 11.3 Å². The van der Waals surface area contributed by atoms with Gasteiger partial charge in [0, 0.05) is 16.3 Å². The van der Waals surface area contributed by atoms with Gasteiger partial charge in [-0.3, -0.25) is 5.43 Å². The molecule has 2 aromatic rings. The number of hydrogen-bond donors (Lipinski definition) is 2. The van der Waals surface area contributed by atoms with Crippen molar-refractivity contribution in [3.05, 3.63) is 35.0 Å². The van der Waals surface area contributed by atoms with Crippen molar-refractivity contribution in [2.75, 3.05) is 12.5 Å². The van der Waals surface area contributed by atoms with E-state index in [4.69, 9.17) is 22.2 Å². The highest BCUT2D eigenvalue weighted by atomic mass is 35.5. The molecule has 6 heteroatoms. The molecule has 0 aliphatic rings. The minimum atomic E-state index is 0.354. The normalized spacial score (nSPS) is 10.2. The first-order chi connectivity index (χ1) is 8.63. The molecule has 0 saturated carbocycles. The zero-order chi connectivity index (χ0) is 13.1. The van der Waals surface area contributed by atoms with Gasteiger partial charge in [0.25, 0.3) is 0 Å². The van der Waals surface area contributed by atoms with Crippen LogP contribution < -0.4 is 16.0 Å². The Hall–Kier alpha value is -1.85. The second kappa shape index (κ2) is 5.20. The standard InChI is InChI=1S/C12H13ClN4O/c1-7-5-10(16-12(15-7)17-14)9-6-8(13)3-4-11(9)18-2/h3-6H,14H2,1-2H3,(H,15,16,17). The van der Waals surface area contributed by atoms with Gasteiger partial charge in [0.2, 0.25) is 5.95 Å². The fraction of sp³-hybridized carbons (Fsp3) is 0.167. The van der Waals surface area contributed by atoms with Crippen molar-refractivity contribution in [1.82, 2.24) is 9.97 Å². The fourth-order valence-electron chi connectivity index (χ4n) is 1.65. The van der Waals surface area contributed by atoms with Crippen LogP contribution in [0.15, 0.2) is 24.3 Å². The average Bonchev–Trinajstić information content (AvgIpc) is 2.38. The summed E-state index contributed by atoms with van der Waals surface area (Å²) in [5.41, 5.74) is 4.74. The summed E-state index contributed by atoms with van der Waals surface area (Å²) < 4.78 is 5.30. The molecule has 5 nitrogen and oxygen atoms in total. The van der Waals surface area contributed by atoms with Crippen molar-refractivity contribution in [3.63, 3.8) is 0 Å². The third-order valence-electron chi connectivity index (χ3n) is 2.42. The Morgan fingerprint density at radius 3 is 2.72 bits per heavy atom. The Labute approximate surface area is 110 Å². The van der Waals surface area contributed by atoms with Gasteiger partial charge < -0.3 is 4.74 Å². The van der Waals surface area contributed by atoms with Gasteiger partial charge in [0.05, 0.1) is 12.8 Å². The van der Waals surface area contributed by atoms with Gasteiger partial charge in [-0.25, -0.2) is 15.8 Å². The van der Waals surface area contributed by atoms with Crippen molar-refractivity contribution in [2.24, 2.45) is 5.84 Å². The summed E-state index contributed by atoms with van der Waals surface area (Å²) in [6.07, 6.45) is 0. The van der Waals surface area contributed by atoms with E-state index in [1.807, 2.05) is 13.0 Å². The van der Waals surface area contributed by atoms with E-state index in [2.05, 4.69) is 15.4 Å². The number of nitrogens with two attached hydrogens (primary N) is 1. The molecule has 0 aliphatic carbocycles. The lowest BCUT2D eigenvalue weighted by molar-refractivity contribution is 0.416. The Morgan fingerprint density at radius 2 is 2.06 bits per heavy atom. The maximum atomic E-state index is 6.00. The molecule has 2 rings (SSSR count). The summed E-state index contributed by atoms with van der Waals surface area (Å²) >= 11 is 6.00. The molecule has 1 aromatic heterocycles. The number of halogens is 1. The van der Waals surface area contributed by atoms with E-state index in [9.17, 15) is 0 Å². The van der Waals surface area contributed by atoms with Crippen LogP contribution in [0, 0.1) is 6.92 Å². The topological polar surface area (TPSA) is 73.1 Å². The molecule has 0 atom stereocenters. The number of rotatable bonds is 3. The maximum Gasteiger partial charge on any atom is 0.237 e. The monoisotopic (exact) mass is 264 g/mol. The summed E-state index contributed by atoms with van der Waals surface area (Å²) in [6.45, 7) is 1.86. The summed E-state index contributed by atoms with van der Waals surface area (Å²) in [5, 5.41) is 0.615. The largest absolute Gasteiger partial charge is 0.496 e. The van der Waals surface area contributed by atoms with Crippen LogP contribution in [0.5, 0.6) is 5.75 Å². The molecule has 0 aliphatic heterocycles. The summed E-state index contributed by atoms with van der Waals surface area (Å²) in [4.78, 5) is 8.42. The molecule has 0 fully saturated rings. The first kappa shape index (κ1) is 12.6. The van der Waals surface area contributed by atoms with Gasteiger partial charge in [0.15, 0.2) is 0 Å². The minimum Gasteiger partial charge on any atom is -0.496 e. The van der Waals surface area contributed by atoms with Gasteiger partial charge in [0.1, 0.15) is 5.75 Å². The van der Waals surface area contributed by atoms with Gasteiger partial charge in [-0.2, -0.15) is 0 Å². The Bertz CT molecular complexity index is 574. The fourth-order valence-corrected chi connectivity index (χ4v) is 1.82. The van der Waals surface area contributed by atoms with Crippen molar-refractivity contribution in [3.8, 4) is 17.0 Å². The smallest absolute Gasteiger partial charge is 0.237 e. The van der Waals surface area contributed by atoms with Crippen molar-refractivity contribution >= 4 is 17.5 Å². The van der Waals surface area contributed by atoms with E-state index in [1.54, 1.807) is 25.3 Å². The summed E-state index contributed by atoms with van der Waals surface area (Å²) in [5.74, 6) is 6.38. The summed E-state index contributed by atoms with van der Waals surface area (Å²) in [6, 6.07) is 7.20. The lowest BCUT2D eigenvalue weighted by atomic mass is 10.1. The first-order valence-electron chi connectivity index (χ1n) is 5.30. The lowest BCUT2D eigenvalue weighted by Gasteiger charge is -2.10. The number of anilines is 1. The molecule has 0 amide bonds. The molecule has 18 heavy (non-hydrogen) atoms. The van der Waals surface area contributed by atoms with Crippen LogP contribution in [-0.4, -0.2) is 17.1 Å². The lowest BCUT2D eigenvalue weighted by Crippen LogP contribution is -2.11. The van der Waals surface area contributed by atoms with E-state index >= 15 is 0 Å². The van der Waals surface area contributed by atoms with Crippen molar-refractivity contribution in [1.29, 1.82) is 0 Å². The Morgan fingerprint density at radius 1 is 1.28 bits per heavy atom. The van der Waals surface area contributed by atoms with Crippen LogP contribution in [0.3, 0.4) is 0 Å². The third kappa shape index (κ3) is 2.52. The molecule has 0 radical (unpaired) electrons. The second-order valence-corrected chi connectivity index (χ2v) is 4.14. The zero-order valence-corrected chi connectivity index (χ0v) is 10.8. The predicted molar refractivity (Wildman–Crippen MR) is 71.6 cm³/mol.